The third-order valence-corrected chi connectivity index (χ3v) is 4.12. The molecule has 0 bridgehead atoms. The van der Waals surface area contributed by atoms with Crippen LogP contribution in [0.2, 0.25) is 0 Å². The van der Waals surface area contributed by atoms with Gasteiger partial charge in [0.25, 0.3) is 0 Å². The molecule has 0 amide bonds. The molecule has 1 heterocycles. The minimum absolute atomic E-state index is 0.155. The second kappa shape index (κ2) is 5.51. The molecule has 1 aromatic carbocycles. The minimum Gasteiger partial charge on any atom is -0.394 e. The maximum absolute atomic E-state index is 9.70. The van der Waals surface area contributed by atoms with Crippen molar-refractivity contribution < 1.29 is 5.11 Å². The van der Waals surface area contributed by atoms with Crippen LogP contribution in [0.1, 0.15) is 25.0 Å². The number of aliphatic hydroxyl groups is 1. The molecule has 0 radical (unpaired) electrons. The van der Waals surface area contributed by atoms with Gasteiger partial charge in [-0.25, -0.2) is 0 Å². The molecule has 1 aromatic rings. The van der Waals surface area contributed by atoms with Gasteiger partial charge in [0.2, 0.25) is 0 Å². The van der Waals surface area contributed by atoms with Gasteiger partial charge in [0.15, 0.2) is 0 Å². The standard InChI is InChI=1S/C16H26N2O/c1-12-6-5-7-15(13(12)2)18-11-16(3,4)10-17-8-14(18)9-19/h5-7,14,17,19H,8-11H2,1-4H3. The summed E-state index contributed by atoms with van der Waals surface area (Å²) in [5.41, 5.74) is 4.10. The molecule has 1 fully saturated rings. The first-order chi connectivity index (χ1) is 8.94. The molecule has 1 saturated heterocycles. The topological polar surface area (TPSA) is 35.5 Å². The molecule has 3 nitrogen and oxygen atoms in total. The number of rotatable bonds is 2. The summed E-state index contributed by atoms with van der Waals surface area (Å²) in [5.74, 6) is 0. The number of hydrogen-bond acceptors (Lipinski definition) is 3. The van der Waals surface area contributed by atoms with Gasteiger partial charge in [0.05, 0.1) is 12.6 Å². The molecule has 1 unspecified atom stereocenters. The number of benzene rings is 1. The van der Waals surface area contributed by atoms with E-state index in [-0.39, 0.29) is 18.1 Å². The number of aryl methyl sites for hydroxylation is 1. The number of nitrogens with zero attached hydrogens (tertiary/aromatic N) is 1. The van der Waals surface area contributed by atoms with E-state index in [1.54, 1.807) is 0 Å². The summed E-state index contributed by atoms with van der Waals surface area (Å²) in [6, 6.07) is 6.58. The third-order valence-electron chi connectivity index (χ3n) is 4.12. The molecule has 0 aromatic heterocycles. The molecular formula is C16H26N2O. The van der Waals surface area contributed by atoms with Crippen LogP contribution in [0.15, 0.2) is 18.2 Å². The molecule has 0 saturated carbocycles. The molecule has 106 valence electrons. The largest absolute Gasteiger partial charge is 0.394 e. The second-order valence-corrected chi connectivity index (χ2v) is 6.48. The summed E-state index contributed by atoms with van der Waals surface area (Å²) in [7, 11) is 0. The van der Waals surface area contributed by atoms with Crippen molar-refractivity contribution in [1.82, 2.24) is 5.32 Å². The van der Waals surface area contributed by atoms with Gasteiger partial charge in [-0.05, 0) is 36.5 Å². The zero-order valence-electron chi connectivity index (χ0n) is 12.5. The van der Waals surface area contributed by atoms with Crippen molar-refractivity contribution in [3.8, 4) is 0 Å². The van der Waals surface area contributed by atoms with Crippen molar-refractivity contribution in [2.75, 3.05) is 31.1 Å². The Hall–Kier alpha value is -1.06. The quantitative estimate of drug-likeness (QED) is 0.857. The van der Waals surface area contributed by atoms with Crippen LogP contribution in [-0.2, 0) is 0 Å². The van der Waals surface area contributed by atoms with E-state index in [1.165, 1.54) is 16.8 Å². The highest BCUT2D eigenvalue weighted by Crippen LogP contribution is 2.29. The van der Waals surface area contributed by atoms with E-state index in [9.17, 15) is 5.11 Å². The molecule has 1 aliphatic rings. The number of aliphatic hydroxyl groups excluding tert-OH is 1. The van der Waals surface area contributed by atoms with Crippen LogP contribution in [0, 0.1) is 19.3 Å². The average Bonchev–Trinajstić information content (AvgIpc) is 2.50. The fourth-order valence-corrected chi connectivity index (χ4v) is 2.83. The Morgan fingerprint density at radius 2 is 2.11 bits per heavy atom. The van der Waals surface area contributed by atoms with Crippen molar-refractivity contribution in [3.63, 3.8) is 0 Å². The Balaban J connectivity index is 2.39. The lowest BCUT2D eigenvalue weighted by atomic mass is 9.92. The van der Waals surface area contributed by atoms with Crippen LogP contribution < -0.4 is 10.2 Å². The zero-order valence-corrected chi connectivity index (χ0v) is 12.5. The van der Waals surface area contributed by atoms with E-state index in [2.05, 4.69) is 56.1 Å². The first-order valence-corrected chi connectivity index (χ1v) is 7.09. The number of nitrogens with one attached hydrogen (secondary N) is 1. The normalized spacial score (nSPS) is 23.2. The van der Waals surface area contributed by atoms with Crippen molar-refractivity contribution in [1.29, 1.82) is 0 Å². The van der Waals surface area contributed by atoms with Crippen molar-refractivity contribution in [2.24, 2.45) is 5.41 Å². The summed E-state index contributed by atoms with van der Waals surface area (Å²) in [6.07, 6.45) is 0. The van der Waals surface area contributed by atoms with Gasteiger partial charge in [-0.2, -0.15) is 0 Å². The highest BCUT2D eigenvalue weighted by molar-refractivity contribution is 5.57. The highest BCUT2D eigenvalue weighted by atomic mass is 16.3. The van der Waals surface area contributed by atoms with Crippen molar-refractivity contribution in [2.45, 2.75) is 33.7 Å². The van der Waals surface area contributed by atoms with E-state index >= 15 is 0 Å². The molecule has 2 N–H and O–H groups in total. The Kier molecular flexibility index (Phi) is 4.16. The van der Waals surface area contributed by atoms with Gasteiger partial charge in [0.1, 0.15) is 0 Å². The van der Waals surface area contributed by atoms with Crippen LogP contribution in [-0.4, -0.2) is 37.4 Å². The van der Waals surface area contributed by atoms with Crippen LogP contribution in [0.3, 0.4) is 0 Å². The lowest BCUT2D eigenvalue weighted by Gasteiger charge is -2.36. The Morgan fingerprint density at radius 1 is 1.37 bits per heavy atom. The van der Waals surface area contributed by atoms with Gasteiger partial charge in [-0.1, -0.05) is 26.0 Å². The van der Waals surface area contributed by atoms with Gasteiger partial charge in [-0.3, -0.25) is 0 Å². The van der Waals surface area contributed by atoms with Gasteiger partial charge < -0.3 is 15.3 Å². The number of hydrogen-bond donors (Lipinski definition) is 2. The van der Waals surface area contributed by atoms with Gasteiger partial charge in [-0.15, -0.1) is 0 Å². The molecular weight excluding hydrogens is 236 g/mol. The summed E-state index contributed by atoms with van der Waals surface area (Å²) in [6.45, 7) is 11.9. The fourth-order valence-electron chi connectivity index (χ4n) is 2.83. The molecule has 1 atom stereocenters. The molecule has 0 spiro atoms. The maximum atomic E-state index is 9.70. The SMILES string of the molecule is Cc1cccc(N2CC(C)(C)CNCC2CO)c1C. The smallest absolute Gasteiger partial charge is 0.0647 e. The van der Waals surface area contributed by atoms with E-state index in [1.807, 2.05) is 0 Å². The third kappa shape index (κ3) is 3.10. The van der Waals surface area contributed by atoms with E-state index in [0.29, 0.717) is 0 Å². The summed E-state index contributed by atoms with van der Waals surface area (Å²) in [5, 5.41) is 13.2. The summed E-state index contributed by atoms with van der Waals surface area (Å²) in [4.78, 5) is 2.38. The van der Waals surface area contributed by atoms with E-state index in [0.717, 1.165) is 19.6 Å². The highest BCUT2D eigenvalue weighted by Gasteiger charge is 2.30. The monoisotopic (exact) mass is 262 g/mol. The Labute approximate surface area is 116 Å². The van der Waals surface area contributed by atoms with Gasteiger partial charge in [0, 0.05) is 25.3 Å². The van der Waals surface area contributed by atoms with E-state index < -0.39 is 0 Å². The first-order valence-electron chi connectivity index (χ1n) is 7.09. The Morgan fingerprint density at radius 3 is 2.79 bits per heavy atom. The van der Waals surface area contributed by atoms with Crippen LogP contribution in [0.25, 0.3) is 0 Å². The lowest BCUT2D eigenvalue weighted by molar-refractivity contribution is 0.258. The second-order valence-electron chi connectivity index (χ2n) is 6.48. The first kappa shape index (κ1) is 14.4. The van der Waals surface area contributed by atoms with Crippen LogP contribution >= 0.6 is 0 Å². The summed E-state index contributed by atoms with van der Waals surface area (Å²) < 4.78 is 0. The van der Waals surface area contributed by atoms with Crippen molar-refractivity contribution >= 4 is 5.69 Å². The Bertz CT molecular complexity index is 442. The molecule has 2 rings (SSSR count). The van der Waals surface area contributed by atoms with Gasteiger partial charge >= 0.3 is 0 Å². The van der Waals surface area contributed by atoms with Crippen LogP contribution in [0.5, 0.6) is 0 Å². The van der Waals surface area contributed by atoms with Crippen LogP contribution in [0.4, 0.5) is 5.69 Å². The molecule has 1 aliphatic heterocycles. The maximum Gasteiger partial charge on any atom is 0.0647 e. The number of anilines is 1. The zero-order chi connectivity index (χ0) is 14.0. The predicted molar refractivity (Wildman–Crippen MR) is 80.8 cm³/mol. The minimum atomic E-state index is 0.155. The molecule has 19 heavy (non-hydrogen) atoms. The lowest BCUT2D eigenvalue weighted by Crippen LogP contribution is -2.44. The van der Waals surface area contributed by atoms with Crippen molar-refractivity contribution in [3.05, 3.63) is 29.3 Å². The fraction of sp³-hybridized carbons (Fsp3) is 0.625. The predicted octanol–water partition coefficient (Wildman–Crippen LogP) is 2.10. The average molecular weight is 262 g/mol. The summed E-state index contributed by atoms with van der Waals surface area (Å²) >= 11 is 0. The molecule has 3 heteroatoms. The molecule has 0 aliphatic carbocycles. The van der Waals surface area contributed by atoms with E-state index in [4.69, 9.17) is 0 Å².